The lowest BCUT2D eigenvalue weighted by atomic mass is 10.1. The van der Waals surface area contributed by atoms with Gasteiger partial charge < -0.3 is 15.2 Å². The molecule has 0 spiro atoms. The molecule has 2 aromatic carbocycles. The van der Waals surface area contributed by atoms with E-state index in [4.69, 9.17) is 9.84 Å². The van der Waals surface area contributed by atoms with E-state index in [0.29, 0.717) is 24.5 Å². The molecular weight excluding hydrogens is 348 g/mol. The SMILES string of the molecule is Cc1ccc(Nc2cc(OCCCCCC(=O)O)ccc2[N+](=O)[O-])cc1C. The van der Waals surface area contributed by atoms with Crippen LogP contribution in [0.4, 0.5) is 17.1 Å². The second-order valence-corrected chi connectivity index (χ2v) is 6.41. The van der Waals surface area contributed by atoms with Gasteiger partial charge >= 0.3 is 5.97 Å². The minimum atomic E-state index is -0.798. The summed E-state index contributed by atoms with van der Waals surface area (Å²) < 4.78 is 5.66. The number of aryl methyl sites for hydroxylation is 2. The number of hydrogen-bond donors (Lipinski definition) is 2. The predicted octanol–water partition coefficient (Wildman–Crippen LogP) is 4.98. The van der Waals surface area contributed by atoms with Gasteiger partial charge in [-0.05, 0) is 62.4 Å². The van der Waals surface area contributed by atoms with Crippen LogP contribution >= 0.6 is 0 Å². The van der Waals surface area contributed by atoms with Crippen molar-refractivity contribution in [2.45, 2.75) is 39.5 Å². The molecule has 2 aromatic rings. The molecule has 0 radical (unpaired) electrons. The highest BCUT2D eigenvalue weighted by molar-refractivity contribution is 5.71. The normalized spacial score (nSPS) is 10.4. The van der Waals surface area contributed by atoms with Crippen LogP contribution in [-0.2, 0) is 4.79 Å². The molecule has 0 fully saturated rings. The van der Waals surface area contributed by atoms with E-state index in [1.54, 1.807) is 12.1 Å². The number of aliphatic carboxylic acids is 1. The molecule has 144 valence electrons. The number of carbonyl (C=O) groups is 1. The molecule has 0 saturated heterocycles. The fourth-order valence-corrected chi connectivity index (χ4v) is 2.58. The number of hydrogen-bond acceptors (Lipinski definition) is 5. The summed E-state index contributed by atoms with van der Waals surface area (Å²) >= 11 is 0. The topological polar surface area (TPSA) is 102 Å². The van der Waals surface area contributed by atoms with E-state index in [2.05, 4.69) is 5.32 Å². The third-order valence-corrected chi connectivity index (χ3v) is 4.25. The van der Waals surface area contributed by atoms with Gasteiger partial charge in [0.05, 0.1) is 11.5 Å². The fraction of sp³-hybridized carbons (Fsp3) is 0.350. The Labute approximate surface area is 158 Å². The zero-order chi connectivity index (χ0) is 19.8. The summed E-state index contributed by atoms with van der Waals surface area (Å²) in [7, 11) is 0. The van der Waals surface area contributed by atoms with Crippen LogP contribution in [0.5, 0.6) is 5.75 Å². The number of benzene rings is 2. The van der Waals surface area contributed by atoms with Crippen molar-refractivity contribution >= 4 is 23.0 Å². The molecule has 0 bridgehead atoms. The number of unbranched alkanes of at least 4 members (excludes halogenated alkanes) is 2. The molecule has 7 heteroatoms. The molecule has 0 atom stereocenters. The van der Waals surface area contributed by atoms with E-state index in [-0.39, 0.29) is 12.1 Å². The van der Waals surface area contributed by atoms with Crippen molar-refractivity contribution in [1.82, 2.24) is 0 Å². The van der Waals surface area contributed by atoms with Gasteiger partial charge in [-0.1, -0.05) is 6.07 Å². The number of carboxylic acid groups (broad SMARTS) is 1. The van der Waals surface area contributed by atoms with Crippen LogP contribution in [0.25, 0.3) is 0 Å². The number of nitrogens with one attached hydrogen (secondary N) is 1. The largest absolute Gasteiger partial charge is 0.494 e. The highest BCUT2D eigenvalue weighted by Crippen LogP contribution is 2.32. The van der Waals surface area contributed by atoms with Crippen molar-refractivity contribution in [3.63, 3.8) is 0 Å². The smallest absolute Gasteiger partial charge is 0.303 e. The summed E-state index contributed by atoms with van der Waals surface area (Å²) in [6.07, 6.45) is 2.25. The minimum absolute atomic E-state index is 0.0259. The van der Waals surface area contributed by atoms with Gasteiger partial charge in [0, 0.05) is 24.2 Å². The van der Waals surface area contributed by atoms with Crippen LogP contribution in [0.15, 0.2) is 36.4 Å². The lowest BCUT2D eigenvalue weighted by Gasteiger charge is -2.12. The van der Waals surface area contributed by atoms with E-state index >= 15 is 0 Å². The molecule has 0 aliphatic heterocycles. The second kappa shape index (κ2) is 9.56. The first-order valence-corrected chi connectivity index (χ1v) is 8.84. The second-order valence-electron chi connectivity index (χ2n) is 6.41. The minimum Gasteiger partial charge on any atom is -0.494 e. The first-order chi connectivity index (χ1) is 12.9. The van der Waals surface area contributed by atoms with Crippen LogP contribution in [0, 0.1) is 24.0 Å². The van der Waals surface area contributed by atoms with Crippen molar-refractivity contribution in [2.24, 2.45) is 0 Å². The standard InChI is InChI=1S/C20H24N2O5/c1-14-7-8-16(12-15(14)2)21-18-13-17(9-10-19(18)22(25)26)27-11-5-3-4-6-20(23)24/h7-10,12-13,21H,3-6,11H2,1-2H3,(H,23,24). The van der Waals surface area contributed by atoms with Crippen LogP contribution in [0.3, 0.4) is 0 Å². The Morgan fingerprint density at radius 2 is 1.89 bits per heavy atom. The van der Waals surface area contributed by atoms with Crippen LogP contribution in [-0.4, -0.2) is 22.6 Å². The van der Waals surface area contributed by atoms with Crippen molar-refractivity contribution in [3.05, 3.63) is 57.6 Å². The van der Waals surface area contributed by atoms with E-state index < -0.39 is 10.9 Å². The van der Waals surface area contributed by atoms with Crippen LogP contribution in [0.1, 0.15) is 36.8 Å². The summed E-state index contributed by atoms with van der Waals surface area (Å²) in [6, 6.07) is 10.4. The number of nitro benzene ring substituents is 1. The maximum absolute atomic E-state index is 11.3. The molecule has 2 N–H and O–H groups in total. The van der Waals surface area contributed by atoms with E-state index in [1.165, 1.54) is 6.07 Å². The van der Waals surface area contributed by atoms with Gasteiger partial charge in [-0.2, -0.15) is 0 Å². The van der Waals surface area contributed by atoms with Gasteiger partial charge in [0.25, 0.3) is 5.69 Å². The van der Waals surface area contributed by atoms with Gasteiger partial charge in [0.2, 0.25) is 0 Å². The van der Waals surface area contributed by atoms with Crippen molar-refractivity contribution in [3.8, 4) is 5.75 Å². The Bertz CT molecular complexity index is 820. The number of rotatable bonds is 10. The summed E-state index contributed by atoms with van der Waals surface area (Å²) in [4.78, 5) is 21.4. The summed E-state index contributed by atoms with van der Waals surface area (Å²) in [6.45, 7) is 4.42. The van der Waals surface area contributed by atoms with Gasteiger partial charge in [-0.3, -0.25) is 14.9 Å². The average molecular weight is 372 g/mol. The molecule has 0 unspecified atom stereocenters. The Morgan fingerprint density at radius 3 is 2.56 bits per heavy atom. The van der Waals surface area contributed by atoms with Crippen molar-refractivity contribution in [2.75, 3.05) is 11.9 Å². The first-order valence-electron chi connectivity index (χ1n) is 8.84. The number of anilines is 2. The van der Waals surface area contributed by atoms with Gasteiger partial charge in [-0.15, -0.1) is 0 Å². The Hall–Kier alpha value is -3.09. The average Bonchev–Trinajstić information content (AvgIpc) is 2.61. The first kappa shape index (κ1) is 20.2. The lowest BCUT2D eigenvalue weighted by Crippen LogP contribution is -2.01. The maximum Gasteiger partial charge on any atom is 0.303 e. The highest BCUT2D eigenvalue weighted by atomic mass is 16.6. The number of nitro groups is 1. The Balaban J connectivity index is 2.04. The molecule has 27 heavy (non-hydrogen) atoms. The molecule has 2 rings (SSSR count). The monoisotopic (exact) mass is 372 g/mol. The van der Waals surface area contributed by atoms with Crippen LogP contribution < -0.4 is 10.1 Å². The van der Waals surface area contributed by atoms with Crippen molar-refractivity contribution < 1.29 is 19.6 Å². The molecule has 0 amide bonds. The molecule has 7 nitrogen and oxygen atoms in total. The third-order valence-electron chi connectivity index (χ3n) is 4.25. The molecular formula is C20H24N2O5. The third kappa shape index (κ3) is 6.29. The fourth-order valence-electron chi connectivity index (χ4n) is 2.58. The van der Waals surface area contributed by atoms with Gasteiger partial charge in [-0.25, -0.2) is 0 Å². The maximum atomic E-state index is 11.3. The van der Waals surface area contributed by atoms with Crippen molar-refractivity contribution in [1.29, 1.82) is 0 Å². The molecule has 0 aliphatic rings. The molecule has 0 aliphatic carbocycles. The van der Waals surface area contributed by atoms with Crippen LogP contribution in [0.2, 0.25) is 0 Å². The number of carboxylic acids is 1. The quantitative estimate of drug-likeness (QED) is 0.346. The molecule has 0 saturated carbocycles. The summed E-state index contributed by atoms with van der Waals surface area (Å²) in [5, 5.41) is 23.0. The molecule has 0 aromatic heterocycles. The number of nitrogens with zero attached hydrogens (tertiary/aromatic N) is 1. The Kier molecular flexibility index (Phi) is 7.16. The van der Waals surface area contributed by atoms with E-state index in [0.717, 1.165) is 29.7 Å². The van der Waals surface area contributed by atoms with E-state index in [1.807, 2.05) is 32.0 Å². The zero-order valence-electron chi connectivity index (χ0n) is 15.5. The van der Waals surface area contributed by atoms with Gasteiger partial charge in [0.15, 0.2) is 0 Å². The van der Waals surface area contributed by atoms with E-state index in [9.17, 15) is 14.9 Å². The zero-order valence-corrected chi connectivity index (χ0v) is 15.5. The highest BCUT2D eigenvalue weighted by Gasteiger charge is 2.15. The lowest BCUT2D eigenvalue weighted by molar-refractivity contribution is -0.383. The Morgan fingerprint density at radius 1 is 1.11 bits per heavy atom. The summed E-state index contributed by atoms with van der Waals surface area (Å²) in [5.41, 5.74) is 3.35. The van der Waals surface area contributed by atoms with Gasteiger partial charge in [0.1, 0.15) is 11.4 Å². The molecule has 0 heterocycles. The summed E-state index contributed by atoms with van der Waals surface area (Å²) in [5.74, 6) is -0.265. The number of ether oxygens (including phenoxy) is 1. The predicted molar refractivity (Wildman–Crippen MR) is 104 cm³/mol.